The molecule has 6 nitrogen and oxygen atoms in total. The summed E-state index contributed by atoms with van der Waals surface area (Å²) in [7, 11) is 0. The molecule has 8 heteroatoms. The second-order valence-electron chi connectivity index (χ2n) is 6.54. The highest BCUT2D eigenvalue weighted by atomic mass is 35.5. The third-order valence-electron chi connectivity index (χ3n) is 4.22. The fraction of sp³-hybridized carbons (Fsp3) is 0.0870. The van der Waals surface area contributed by atoms with E-state index in [1.165, 1.54) is 18.3 Å². The zero-order valence-corrected chi connectivity index (χ0v) is 18.1. The summed E-state index contributed by atoms with van der Waals surface area (Å²) in [5.74, 6) is -0.157. The van der Waals surface area contributed by atoms with Crippen LogP contribution in [-0.4, -0.2) is 24.6 Å². The van der Waals surface area contributed by atoms with Crippen LogP contribution in [0.25, 0.3) is 0 Å². The number of ether oxygens (including phenoxy) is 1. The molecule has 0 aromatic heterocycles. The molecule has 3 rings (SSSR count). The second-order valence-corrected chi connectivity index (χ2v) is 7.39. The van der Waals surface area contributed by atoms with Crippen molar-refractivity contribution in [3.05, 3.63) is 93.5 Å². The Morgan fingerprint density at radius 1 is 1.03 bits per heavy atom. The molecule has 2 N–H and O–H groups in total. The predicted molar refractivity (Wildman–Crippen MR) is 123 cm³/mol. The summed E-state index contributed by atoms with van der Waals surface area (Å²) in [6.07, 6.45) is 1.48. The zero-order chi connectivity index (χ0) is 22.2. The number of halogens is 2. The van der Waals surface area contributed by atoms with Gasteiger partial charge in [-0.05, 0) is 66.6 Å². The van der Waals surface area contributed by atoms with E-state index in [4.69, 9.17) is 27.9 Å². The molecule has 31 heavy (non-hydrogen) atoms. The molecule has 0 radical (unpaired) electrons. The van der Waals surface area contributed by atoms with Crippen molar-refractivity contribution in [3.8, 4) is 5.75 Å². The van der Waals surface area contributed by atoms with Crippen LogP contribution in [-0.2, 0) is 4.79 Å². The van der Waals surface area contributed by atoms with Crippen molar-refractivity contribution in [2.45, 2.75) is 6.92 Å². The molecule has 0 unspecified atom stereocenters. The van der Waals surface area contributed by atoms with Gasteiger partial charge < -0.3 is 10.1 Å². The molecule has 0 aliphatic heterocycles. The maximum atomic E-state index is 12.1. The summed E-state index contributed by atoms with van der Waals surface area (Å²) < 4.78 is 5.51. The highest BCUT2D eigenvalue weighted by Gasteiger charge is 2.09. The van der Waals surface area contributed by atoms with E-state index in [0.29, 0.717) is 10.8 Å². The number of rotatable bonds is 7. The van der Waals surface area contributed by atoms with Gasteiger partial charge in [-0.1, -0.05) is 41.4 Å². The van der Waals surface area contributed by atoms with Crippen LogP contribution < -0.4 is 15.5 Å². The van der Waals surface area contributed by atoms with Crippen molar-refractivity contribution < 1.29 is 14.3 Å². The first kappa shape index (κ1) is 22.3. The largest absolute Gasteiger partial charge is 0.484 e. The minimum Gasteiger partial charge on any atom is -0.484 e. The molecule has 0 aliphatic carbocycles. The number of hydrogen-bond acceptors (Lipinski definition) is 4. The Hall–Kier alpha value is -3.35. The molecule has 3 aromatic rings. The van der Waals surface area contributed by atoms with E-state index >= 15 is 0 Å². The molecule has 0 bridgehead atoms. The first-order valence-corrected chi connectivity index (χ1v) is 10.0. The summed E-state index contributed by atoms with van der Waals surface area (Å²) in [6, 6.07) is 19.0. The van der Waals surface area contributed by atoms with E-state index in [2.05, 4.69) is 15.8 Å². The van der Waals surface area contributed by atoms with Gasteiger partial charge in [-0.15, -0.1) is 0 Å². The summed E-state index contributed by atoms with van der Waals surface area (Å²) in [4.78, 5) is 24.2. The number of nitrogens with zero attached hydrogens (tertiary/aromatic N) is 1. The standard InChI is InChI=1S/C23H19Cl2N3O3/c1-15-4-2-3-5-21(15)27-22(29)14-31-18-9-6-16(7-10-18)13-26-28-23(30)19-11-8-17(24)12-20(19)25/h2-13H,14H2,1H3,(H,27,29)(H,28,30)/b26-13-. The molecule has 158 valence electrons. The van der Waals surface area contributed by atoms with Gasteiger partial charge in [0, 0.05) is 10.7 Å². The Bertz CT molecular complexity index is 1120. The fourth-order valence-corrected chi connectivity index (χ4v) is 3.09. The molecule has 0 atom stereocenters. The van der Waals surface area contributed by atoms with Gasteiger partial charge in [0.2, 0.25) is 0 Å². The van der Waals surface area contributed by atoms with Gasteiger partial charge in [-0.3, -0.25) is 9.59 Å². The number of carbonyl (C=O) groups is 2. The van der Waals surface area contributed by atoms with Gasteiger partial charge >= 0.3 is 0 Å². The average Bonchev–Trinajstić information content (AvgIpc) is 2.75. The minimum absolute atomic E-state index is 0.111. The highest BCUT2D eigenvalue weighted by Crippen LogP contribution is 2.20. The maximum absolute atomic E-state index is 12.1. The lowest BCUT2D eigenvalue weighted by Gasteiger charge is -2.09. The van der Waals surface area contributed by atoms with Crippen LogP contribution in [0.4, 0.5) is 5.69 Å². The Kier molecular flexibility index (Phi) is 7.65. The molecule has 0 saturated carbocycles. The molecule has 2 amide bonds. The topological polar surface area (TPSA) is 79.8 Å². The number of hydrogen-bond donors (Lipinski definition) is 2. The van der Waals surface area contributed by atoms with Crippen molar-refractivity contribution in [2.75, 3.05) is 11.9 Å². The average molecular weight is 456 g/mol. The molecule has 0 saturated heterocycles. The normalized spacial score (nSPS) is 10.7. The van der Waals surface area contributed by atoms with Gasteiger partial charge in [-0.2, -0.15) is 5.10 Å². The predicted octanol–water partition coefficient (Wildman–Crippen LogP) is 5.08. The second kappa shape index (κ2) is 10.6. The maximum Gasteiger partial charge on any atom is 0.272 e. The van der Waals surface area contributed by atoms with Crippen molar-refractivity contribution >= 4 is 46.9 Å². The van der Waals surface area contributed by atoms with Gasteiger partial charge in [0.1, 0.15) is 5.75 Å². The SMILES string of the molecule is Cc1ccccc1NC(=O)COc1ccc(/C=N\NC(=O)c2ccc(Cl)cc2Cl)cc1. The van der Waals surface area contributed by atoms with E-state index < -0.39 is 5.91 Å². The van der Waals surface area contributed by atoms with Gasteiger partial charge in [-0.25, -0.2) is 5.43 Å². The quantitative estimate of drug-likeness (QED) is 0.384. The van der Waals surface area contributed by atoms with Crippen LogP contribution in [0.2, 0.25) is 10.0 Å². The number of para-hydroxylation sites is 1. The number of amides is 2. The number of hydrazone groups is 1. The molecule has 3 aromatic carbocycles. The minimum atomic E-state index is -0.447. The summed E-state index contributed by atoms with van der Waals surface area (Å²) in [6.45, 7) is 1.81. The van der Waals surface area contributed by atoms with Gasteiger partial charge in [0.15, 0.2) is 6.61 Å². The van der Waals surface area contributed by atoms with Gasteiger partial charge in [0.25, 0.3) is 11.8 Å². The van der Waals surface area contributed by atoms with E-state index in [9.17, 15) is 9.59 Å². The lowest BCUT2D eigenvalue weighted by Crippen LogP contribution is -2.20. The summed E-state index contributed by atoms with van der Waals surface area (Å²) in [5.41, 5.74) is 5.15. The molecule has 0 aliphatic rings. The van der Waals surface area contributed by atoms with Crippen LogP contribution in [0, 0.1) is 6.92 Å². The Balaban J connectivity index is 1.49. The lowest BCUT2D eigenvalue weighted by molar-refractivity contribution is -0.118. The van der Waals surface area contributed by atoms with Crippen LogP contribution in [0.15, 0.2) is 71.8 Å². The van der Waals surface area contributed by atoms with E-state index in [-0.39, 0.29) is 23.1 Å². The van der Waals surface area contributed by atoms with Crippen molar-refractivity contribution in [3.63, 3.8) is 0 Å². The third-order valence-corrected chi connectivity index (χ3v) is 4.77. The molecule has 0 fully saturated rings. The molecule has 0 spiro atoms. The summed E-state index contributed by atoms with van der Waals surface area (Å²) >= 11 is 11.8. The van der Waals surface area contributed by atoms with Crippen molar-refractivity contribution in [1.82, 2.24) is 5.43 Å². The smallest absolute Gasteiger partial charge is 0.272 e. The Labute approximate surface area is 189 Å². The van der Waals surface area contributed by atoms with Gasteiger partial charge in [0.05, 0.1) is 16.8 Å². The zero-order valence-electron chi connectivity index (χ0n) is 16.6. The number of nitrogens with one attached hydrogen (secondary N) is 2. The monoisotopic (exact) mass is 455 g/mol. The third kappa shape index (κ3) is 6.57. The van der Waals surface area contributed by atoms with Crippen molar-refractivity contribution in [1.29, 1.82) is 0 Å². The first-order chi connectivity index (χ1) is 14.9. The number of benzene rings is 3. The van der Waals surface area contributed by atoms with Crippen molar-refractivity contribution in [2.24, 2.45) is 5.10 Å². The molecular weight excluding hydrogens is 437 g/mol. The molecule has 0 heterocycles. The fourth-order valence-electron chi connectivity index (χ4n) is 2.60. The first-order valence-electron chi connectivity index (χ1n) is 9.29. The van der Waals surface area contributed by atoms with Crippen LogP contribution in [0.5, 0.6) is 5.75 Å². The number of aryl methyl sites for hydroxylation is 1. The van der Waals surface area contributed by atoms with Crippen LogP contribution >= 0.6 is 23.2 Å². The number of anilines is 1. The molecular formula is C23H19Cl2N3O3. The van der Waals surface area contributed by atoms with E-state index in [0.717, 1.165) is 16.8 Å². The van der Waals surface area contributed by atoms with Crippen LogP contribution in [0.1, 0.15) is 21.5 Å². The van der Waals surface area contributed by atoms with E-state index in [1.807, 2.05) is 31.2 Å². The van der Waals surface area contributed by atoms with Crippen LogP contribution in [0.3, 0.4) is 0 Å². The Morgan fingerprint density at radius 2 is 1.77 bits per heavy atom. The summed E-state index contributed by atoms with van der Waals surface area (Å²) in [5, 5.41) is 7.42. The lowest BCUT2D eigenvalue weighted by atomic mass is 10.2. The van der Waals surface area contributed by atoms with E-state index in [1.54, 1.807) is 30.3 Å². The Morgan fingerprint density at radius 3 is 2.48 bits per heavy atom. The number of carbonyl (C=O) groups excluding carboxylic acids is 2. The highest BCUT2D eigenvalue weighted by molar-refractivity contribution is 6.36.